The Bertz CT molecular complexity index is 692. The summed E-state index contributed by atoms with van der Waals surface area (Å²) in [7, 11) is -3.49. The first-order chi connectivity index (χ1) is 10.0. The number of hydrogen-bond acceptors (Lipinski definition) is 3. The fourth-order valence-electron chi connectivity index (χ4n) is 1.81. The Morgan fingerprint density at radius 2 is 1.90 bits per heavy atom. The largest absolute Gasteiger partial charge is 0.367 e. The molecule has 6 nitrogen and oxygen atoms in total. The van der Waals surface area contributed by atoms with Gasteiger partial charge in [0.2, 0.25) is 10.0 Å². The van der Waals surface area contributed by atoms with E-state index in [9.17, 15) is 13.2 Å². The number of nitrogens with one attached hydrogen (secondary N) is 3. The Hall–Kier alpha value is -2.12. The van der Waals surface area contributed by atoms with E-state index in [4.69, 9.17) is 0 Å². The number of amides is 1. The maximum atomic E-state index is 11.9. The van der Waals surface area contributed by atoms with Gasteiger partial charge in [0.1, 0.15) is 0 Å². The lowest BCUT2D eigenvalue weighted by Gasteiger charge is -2.06. The van der Waals surface area contributed by atoms with Gasteiger partial charge in [0.15, 0.2) is 0 Å². The second kappa shape index (κ2) is 6.55. The molecule has 2 aromatic rings. The molecule has 21 heavy (non-hydrogen) atoms. The molecule has 3 N–H and O–H groups in total. The third-order valence-corrected chi connectivity index (χ3v) is 4.44. The molecule has 1 aromatic heterocycles. The molecule has 0 aliphatic rings. The van der Waals surface area contributed by atoms with E-state index in [1.54, 1.807) is 19.3 Å². The van der Waals surface area contributed by atoms with Gasteiger partial charge in [-0.05, 0) is 35.9 Å². The van der Waals surface area contributed by atoms with Crippen molar-refractivity contribution in [3.63, 3.8) is 0 Å². The minimum atomic E-state index is -3.49. The van der Waals surface area contributed by atoms with Crippen molar-refractivity contribution >= 4 is 15.9 Å². The molecular weight excluding hydrogens is 290 g/mol. The number of hydrogen-bond donors (Lipinski definition) is 3. The zero-order chi connectivity index (χ0) is 15.3. The summed E-state index contributed by atoms with van der Waals surface area (Å²) in [5.74, 6) is -0.247. The van der Waals surface area contributed by atoms with Gasteiger partial charge < -0.3 is 10.3 Å². The monoisotopic (exact) mass is 307 g/mol. The second-order valence-corrected chi connectivity index (χ2v) is 6.19. The SMILES string of the molecule is CCNS(=O)(=O)c1ccc(C(=O)NCc2cc[nH]c2)cc1. The summed E-state index contributed by atoms with van der Waals surface area (Å²) >= 11 is 0. The van der Waals surface area contributed by atoms with Gasteiger partial charge in [0, 0.05) is 31.0 Å². The summed E-state index contributed by atoms with van der Waals surface area (Å²) in [6.45, 7) is 2.45. The molecule has 112 valence electrons. The molecule has 0 saturated heterocycles. The quantitative estimate of drug-likeness (QED) is 0.750. The van der Waals surface area contributed by atoms with Crippen LogP contribution in [0.25, 0.3) is 0 Å². The van der Waals surface area contributed by atoms with E-state index < -0.39 is 10.0 Å². The lowest BCUT2D eigenvalue weighted by molar-refractivity contribution is 0.0951. The van der Waals surface area contributed by atoms with Crippen molar-refractivity contribution in [1.82, 2.24) is 15.0 Å². The van der Waals surface area contributed by atoms with Crippen LogP contribution < -0.4 is 10.0 Å². The zero-order valence-electron chi connectivity index (χ0n) is 11.6. The molecule has 0 unspecified atom stereocenters. The third-order valence-electron chi connectivity index (χ3n) is 2.88. The Morgan fingerprint density at radius 1 is 1.19 bits per heavy atom. The van der Waals surface area contributed by atoms with E-state index in [-0.39, 0.29) is 10.8 Å². The van der Waals surface area contributed by atoms with Crippen LogP contribution in [0.5, 0.6) is 0 Å². The highest BCUT2D eigenvalue weighted by Crippen LogP contribution is 2.10. The van der Waals surface area contributed by atoms with Crippen LogP contribution in [-0.4, -0.2) is 25.9 Å². The van der Waals surface area contributed by atoms with Gasteiger partial charge in [-0.15, -0.1) is 0 Å². The van der Waals surface area contributed by atoms with Gasteiger partial charge in [-0.1, -0.05) is 6.92 Å². The molecular formula is C14H17N3O3S. The number of rotatable bonds is 6. The van der Waals surface area contributed by atoms with Crippen LogP contribution in [0.3, 0.4) is 0 Å². The summed E-state index contributed by atoms with van der Waals surface area (Å²) < 4.78 is 26.0. The van der Waals surface area contributed by atoms with Gasteiger partial charge in [-0.25, -0.2) is 13.1 Å². The van der Waals surface area contributed by atoms with Crippen molar-refractivity contribution in [2.75, 3.05) is 6.54 Å². The van der Waals surface area contributed by atoms with Gasteiger partial charge in [-0.3, -0.25) is 4.79 Å². The molecule has 1 amide bonds. The summed E-state index contributed by atoms with van der Waals surface area (Å²) in [4.78, 5) is 15.0. The van der Waals surface area contributed by atoms with E-state index in [0.717, 1.165) is 5.56 Å². The summed E-state index contributed by atoms with van der Waals surface area (Å²) in [6.07, 6.45) is 3.58. The maximum absolute atomic E-state index is 11.9. The zero-order valence-corrected chi connectivity index (χ0v) is 12.4. The highest BCUT2D eigenvalue weighted by atomic mass is 32.2. The molecule has 2 rings (SSSR count). The lowest BCUT2D eigenvalue weighted by Crippen LogP contribution is -2.24. The standard InChI is InChI=1S/C14H17N3O3S/c1-2-17-21(19,20)13-5-3-12(4-6-13)14(18)16-10-11-7-8-15-9-11/h3-9,15,17H,2,10H2,1H3,(H,16,18). The Kier molecular flexibility index (Phi) is 4.77. The van der Waals surface area contributed by atoms with Crippen molar-refractivity contribution in [3.05, 3.63) is 53.9 Å². The first-order valence-electron chi connectivity index (χ1n) is 6.52. The van der Waals surface area contributed by atoms with E-state index in [0.29, 0.717) is 18.7 Å². The molecule has 0 radical (unpaired) electrons. The van der Waals surface area contributed by atoms with E-state index in [1.165, 1.54) is 24.3 Å². The molecule has 0 spiro atoms. The fourth-order valence-corrected chi connectivity index (χ4v) is 2.85. The number of carbonyl (C=O) groups is 1. The van der Waals surface area contributed by atoms with Crippen molar-refractivity contribution in [3.8, 4) is 0 Å². The van der Waals surface area contributed by atoms with Crippen molar-refractivity contribution in [2.24, 2.45) is 0 Å². The lowest BCUT2D eigenvalue weighted by atomic mass is 10.2. The highest BCUT2D eigenvalue weighted by Gasteiger charge is 2.13. The minimum Gasteiger partial charge on any atom is -0.367 e. The van der Waals surface area contributed by atoms with Crippen LogP contribution in [0.1, 0.15) is 22.8 Å². The molecule has 0 saturated carbocycles. The Morgan fingerprint density at radius 3 is 2.48 bits per heavy atom. The van der Waals surface area contributed by atoms with E-state index in [1.807, 2.05) is 6.07 Å². The predicted octanol–water partition coefficient (Wildman–Crippen LogP) is 1.24. The van der Waals surface area contributed by atoms with Gasteiger partial charge in [-0.2, -0.15) is 0 Å². The van der Waals surface area contributed by atoms with Crippen LogP contribution >= 0.6 is 0 Å². The van der Waals surface area contributed by atoms with Gasteiger partial charge in [0.05, 0.1) is 4.90 Å². The molecule has 0 fully saturated rings. The van der Waals surface area contributed by atoms with Gasteiger partial charge in [0.25, 0.3) is 5.91 Å². The van der Waals surface area contributed by atoms with Crippen LogP contribution in [0.4, 0.5) is 0 Å². The second-order valence-electron chi connectivity index (χ2n) is 4.43. The summed E-state index contributed by atoms with van der Waals surface area (Å²) in [5.41, 5.74) is 1.38. The number of sulfonamides is 1. The number of benzene rings is 1. The molecule has 7 heteroatoms. The highest BCUT2D eigenvalue weighted by molar-refractivity contribution is 7.89. The molecule has 0 bridgehead atoms. The third kappa shape index (κ3) is 3.93. The average molecular weight is 307 g/mol. The molecule has 0 aliphatic heterocycles. The Labute approximate surface area is 123 Å². The molecule has 0 aliphatic carbocycles. The molecule has 1 aromatic carbocycles. The van der Waals surface area contributed by atoms with Crippen LogP contribution in [0.2, 0.25) is 0 Å². The summed E-state index contributed by atoms with van der Waals surface area (Å²) in [6, 6.07) is 7.70. The van der Waals surface area contributed by atoms with Crippen molar-refractivity contribution < 1.29 is 13.2 Å². The van der Waals surface area contributed by atoms with Gasteiger partial charge >= 0.3 is 0 Å². The number of carbonyl (C=O) groups excluding carboxylic acids is 1. The molecule has 0 atom stereocenters. The average Bonchev–Trinajstić information content (AvgIpc) is 2.98. The molecule has 1 heterocycles. The van der Waals surface area contributed by atoms with Crippen LogP contribution in [0, 0.1) is 0 Å². The van der Waals surface area contributed by atoms with E-state index >= 15 is 0 Å². The maximum Gasteiger partial charge on any atom is 0.251 e. The number of H-pyrrole nitrogens is 1. The topological polar surface area (TPSA) is 91.1 Å². The summed E-state index contributed by atoms with van der Waals surface area (Å²) in [5, 5.41) is 2.76. The number of aromatic amines is 1. The normalized spacial score (nSPS) is 11.3. The smallest absolute Gasteiger partial charge is 0.251 e. The fraction of sp³-hybridized carbons (Fsp3) is 0.214. The van der Waals surface area contributed by atoms with Crippen molar-refractivity contribution in [2.45, 2.75) is 18.4 Å². The van der Waals surface area contributed by atoms with Crippen LogP contribution in [-0.2, 0) is 16.6 Å². The van der Waals surface area contributed by atoms with Crippen LogP contribution in [0.15, 0.2) is 47.6 Å². The minimum absolute atomic E-state index is 0.145. The Balaban J connectivity index is 2.03. The van der Waals surface area contributed by atoms with E-state index in [2.05, 4.69) is 15.0 Å². The first kappa shape index (κ1) is 15.3. The first-order valence-corrected chi connectivity index (χ1v) is 8.01. The number of aromatic nitrogens is 1. The predicted molar refractivity (Wildman–Crippen MR) is 79.3 cm³/mol. The van der Waals surface area contributed by atoms with Crippen molar-refractivity contribution in [1.29, 1.82) is 0 Å².